The average molecular weight is 357 g/mol. The average Bonchev–Trinajstić information content (AvgIpc) is 2.40. The predicted molar refractivity (Wildman–Crippen MR) is 74.9 cm³/mol. The summed E-state index contributed by atoms with van der Waals surface area (Å²) >= 11 is 1.89. The fraction of sp³-hybridized carbons (Fsp3) is 0.231. The van der Waals surface area contributed by atoms with Gasteiger partial charge in [0.25, 0.3) is 0 Å². The van der Waals surface area contributed by atoms with Gasteiger partial charge in [0, 0.05) is 0 Å². The van der Waals surface area contributed by atoms with E-state index in [0.29, 0.717) is 11.1 Å². The van der Waals surface area contributed by atoms with Crippen LogP contribution in [-0.2, 0) is 9.53 Å². The molecule has 1 aromatic rings. The van der Waals surface area contributed by atoms with E-state index in [4.69, 9.17) is 10.00 Å². The van der Waals surface area contributed by atoms with Crippen LogP contribution in [0.5, 0.6) is 0 Å². The minimum atomic E-state index is -1.05. The van der Waals surface area contributed by atoms with Crippen molar-refractivity contribution < 1.29 is 14.6 Å². The lowest BCUT2D eigenvalue weighted by molar-refractivity contribution is -0.139. The minimum absolute atomic E-state index is 0.183. The first-order valence-electron chi connectivity index (χ1n) is 5.29. The highest BCUT2D eigenvalue weighted by molar-refractivity contribution is 14.1. The highest BCUT2D eigenvalue weighted by Crippen LogP contribution is 2.24. The van der Waals surface area contributed by atoms with Gasteiger partial charge >= 0.3 is 5.97 Å². The Labute approximate surface area is 119 Å². The molecule has 1 atom stereocenters. The van der Waals surface area contributed by atoms with Gasteiger partial charge in [-0.2, -0.15) is 5.26 Å². The molecule has 5 heteroatoms. The van der Waals surface area contributed by atoms with Crippen molar-refractivity contribution in [3.63, 3.8) is 0 Å². The van der Waals surface area contributed by atoms with Crippen LogP contribution in [-0.4, -0.2) is 17.7 Å². The number of hydrogen-bond donors (Lipinski definition) is 1. The molecular weight excluding hydrogens is 345 g/mol. The van der Waals surface area contributed by atoms with Gasteiger partial charge in [0.1, 0.15) is 6.10 Å². The molecule has 94 valence electrons. The van der Waals surface area contributed by atoms with Crippen LogP contribution in [0.25, 0.3) is 0 Å². The van der Waals surface area contributed by atoms with E-state index in [9.17, 15) is 9.90 Å². The van der Waals surface area contributed by atoms with Gasteiger partial charge in [-0.3, -0.25) is 0 Å². The second-order valence-corrected chi connectivity index (χ2v) is 4.04. The van der Waals surface area contributed by atoms with Gasteiger partial charge in [0.15, 0.2) is 0 Å². The molecule has 0 fully saturated rings. The quantitative estimate of drug-likeness (QED) is 0.511. The zero-order chi connectivity index (χ0) is 13.5. The molecule has 0 amide bonds. The van der Waals surface area contributed by atoms with Crippen molar-refractivity contribution in [1.82, 2.24) is 0 Å². The monoisotopic (exact) mass is 357 g/mol. The summed E-state index contributed by atoms with van der Waals surface area (Å²) in [6, 6.07) is 8.40. The van der Waals surface area contributed by atoms with E-state index in [-0.39, 0.29) is 12.2 Å². The van der Waals surface area contributed by atoms with Crippen molar-refractivity contribution in [2.75, 3.05) is 6.61 Å². The second-order valence-electron chi connectivity index (χ2n) is 3.42. The highest BCUT2D eigenvalue weighted by Gasteiger charge is 2.21. The van der Waals surface area contributed by atoms with Crippen molar-refractivity contribution in [2.45, 2.75) is 13.0 Å². The Kier molecular flexibility index (Phi) is 5.82. The van der Waals surface area contributed by atoms with Crippen molar-refractivity contribution in [2.24, 2.45) is 0 Å². The third-order valence-corrected chi connectivity index (χ3v) is 2.95. The maximum absolute atomic E-state index is 11.6. The maximum Gasteiger partial charge on any atom is 0.337 e. The van der Waals surface area contributed by atoms with Crippen LogP contribution in [0.4, 0.5) is 0 Å². The molecule has 0 radical (unpaired) electrons. The Hall–Kier alpha value is -1.39. The van der Waals surface area contributed by atoms with E-state index in [1.165, 1.54) is 4.08 Å². The third-order valence-electron chi connectivity index (χ3n) is 2.28. The molecule has 18 heavy (non-hydrogen) atoms. The largest absolute Gasteiger partial charge is 0.463 e. The topological polar surface area (TPSA) is 70.3 Å². The Balaban J connectivity index is 2.94. The van der Waals surface area contributed by atoms with Crippen molar-refractivity contribution in [3.8, 4) is 6.07 Å². The molecule has 0 bridgehead atoms. The zero-order valence-corrected chi connectivity index (χ0v) is 11.9. The Morgan fingerprint density at radius 2 is 2.17 bits per heavy atom. The summed E-state index contributed by atoms with van der Waals surface area (Å²) in [6.07, 6.45) is -1.05. The van der Waals surface area contributed by atoms with Crippen LogP contribution in [0.2, 0.25) is 0 Å². The normalized spacial score (nSPS) is 12.7. The number of nitriles is 1. The van der Waals surface area contributed by atoms with Crippen LogP contribution in [0.1, 0.15) is 24.2 Å². The summed E-state index contributed by atoms with van der Waals surface area (Å²) in [5.41, 5.74) is 1.23. The molecule has 0 saturated carbocycles. The molecule has 0 aromatic heterocycles. The predicted octanol–water partition coefficient (Wildman–Crippen LogP) is 2.47. The minimum Gasteiger partial charge on any atom is -0.463 e. The number of aliphatic hydroxyl groups is 1. The number of carbonyl (C=O) groups excluding carboxylic acids is 1. The number of benzene rings is 1. The number of nitrogens with zero attached hydrogens (tertiary/aromatic N) is 1. The van der Waals surface area contributed by atoms with Gasteiger partial charge in [0.05, 0.1) is 23.8 Å². The number of carbonyl (C=O) groups is 1. The fourth-order valence-corrected chi connectivity index (χ4v) is 1.94. The summed E-state index contributed by atoms with van der Waals surface area (Å²) in [5, 5.41) is 18.8. The third kappa shape index (κ3) is 3.55. The molecular formula is C13H12INO3. The summed E-state index contributed by atoms with van der Waals surface area (Å²) in [4.78, 5) is 11.6. The molecule has 1 aromatic carbocycles. The van der Waals surface area contributed by atoms with E-state index >= 15 is 0 Å². The summed E-state index contributed by atoms with van der Waals surface area (Å²) in [7, 11) is 0. The van der Waals surface area contributed by atoms with Gasteiger partial charge in [0.2, 0.25) is 0 Å². The Bertz CT molecular complexity index is 488. The summed E-state index contributed by atoms with van der Waals surface area (Å²) in [6.45, 7) is 1.96. The molecule has 0 aliphatic heterocycles. The summed E-state index contributed by atoms with van der Waals surface area (Å²) < 4.78 is 6.36. The molecule has 0 aliphatic rings. The van der Waals surface area contributed by atoms with Crippen LogP contribution in [0.3, 0.4) is 0 Å². The molecule has 1 N–H and O–H groups in total. The van der Waals surface area contributed by atoms with Gasteiger partial charge < -0.3 is 9.84 Å². The smallest absolute Gasteiger partial charge is 0.337 e. The molecule has 0 heterocycles. The first-order chi connectivity index (χ1) is 8.63. The lowest BCUT2D eigenvalue weighted by atomic mass is 10.0. The van der Waals surface area contributed by atoms with E-state index in [1.54, 1.807) is 31.2 Å². The molecule has 0 spiro atoms. The van der Waals surface area contributed by atoms with Gasteiger partial charge in [-0.05, 0) is 28.7 Å². The molecule has 4 nitrogen and oxygen atoms in total. The molecule has 1 rings (SSSR count). The van der Waals surface area contributed by atoms with Crippen LogP contribution in [0.15, 0.2) is 33.9 Å². The van der Waals surface area contributed by atoms with E-state index in [1.807, 2.05) is 28.7 Å². The molecule has 0 saturated heterocycles. The summed E-state index contributed by atoms with van der Waals surface area (Å²) in [5.74, 6) is -0.538. The maximum atomic E-state index is 11.6. The van der Waals surface area contributed by atoms with Crippen molar-refractivity contribution >= 4 is 28.6 Å². The van der Waals surface area contributed by atoms with E-state index in [2.05, 4.69) is 0 Å². The van der Waals surface area contributed by atoms with Crippen molar-refractivity contribution in [3.05, 3.63) is 45.0 Å². The van der Waals surface area contributed by atoms with Crippen LogP contribution in [0, 0.1) is 11.3 Å². The lowest BCUT2D eigenvalue weighted by Crippen LogP contribution is -2.14. The number of halogens is 1. The number of rotatable bonds is 4. The van der Waals surface area contributed by atoms with Gasteiger partial charge in [-0.1, -0.05) is 34.7 Å². The lowest BCUT2D eigenvalue weighted by Gasteiger charge is -2.13. The molecule has 0 aliphatic carbocycles. The van der Waals surface area contributed by atoms with Gasteiger partial charge in [-0.15, -0.1) is 0 Å². The zero-order valence-electron chi connectivity index (χ0n) is 9.76. The fourth-order valence-electron chi connectivity index (χ4n) is 1.35. The number of hydrogen-bond acceptors (Lipinski definition) is 4. The van der Waals surface area contributed by atoms with Crippen LogP contribution >= 0.6 is 22.6 Å². The highest BCUT2D eigenvalue weighted by atomic mass is 127. The van der Waals surface area contributed by atoms with E-state index < -0.39 is 12.1 Å². The van der Waals surface area contributed by atoms with Crippen molar-refractivity contribution in [1.29, 1.82) is 5.26 Å². The first-order valence-corrected chi connectivity index (χ1v) is 6.54. The Morgan fingerprint density at radius 3 is 2.61 bits per heavy atom. The molecule has 1 unspecified atom stereocenters. The second kappa shape index (κ2) is 7.13. The number of aliphatic hydroxyl groups excluding tert-OH is 1. The number of ether oxygens (including phenoxy) is 1. The Morgan fingerprint density at radius 1 is 1.56 bits per heavy atom. The standard InChI is InChI=1S/C13H12INO3/c1-2-18-13(17)11(7-14)12(16)10-5-3-9(8-15)4-6-10/h3-7,12,16H,2H2,1H3/b11-7-. The van der Waals surface area contributed by atoms with Crippen LogP contribution < -0.4 is 0 Å². The van der Waals surface area contributed by atoms with Gasteiger partial charge in [-0.25, -0.2) is 4.79 Å². The van der Waals surface area contributed by atoms with E-state index in [0.717, 1.165) is 0 Å². The first kappa shape index (κ1) is 14.7. The SMILES string of the molecule is CCOC(=O)/C(=C\I)C(O)c1ccc(C#N)cc1. The number of esters is 1.